The van der Waals surface area contributed by atoms with E-state index in [1.165, 1.54) is 54.4 Å². The van der Waals surface area contributed by atoms with Crippen molar-refractivity contribution < 1.29 is 4.79 Å². The van der Waals surface area contributed by atoms with Gasteiger partial charge in [-0.2, -0.15) is 0 Å². The molecule has 6 heteroatoms. The Hall–Kier alpha value is -1.14. The number of carbonyl (C=O) groups is 1. The van der Waals surface area contributed by atoms with Crippen LogP contribution < -0.4 is 5.32 Å². The lowest BCUT2D eigenvalue weighted by Gasteiger charge is -2.29. The van der Waals surface area contributed by atoms with Crippen LogP contribution in [0.5, 0.6) is 0 Å². The van der Waals surface area contributed by atoms with Gasteiger partial charge in [-0.05, 0) is 50.0 Å². The standard InChI is InChI=1S/C19H25N3OS2/c1-12-6-2-4-8-14(12)22-16(23)10-24-18-17-13-7-3-5-9-15(13)25-19(17)21-11-20-18/h11-12,14H,2-10H2,1H3,(H,22,23)/t12-,14-/m0/s1. The molecule has 0 aliphatic heterocycles. The molecule has 1 saturated carbocycles. The Kier molecular flexibility index (Phi) is 5.27. The molecule has 2 aliphatic rings. The van der Waals surface area contributed by atoms with Gasteiger partial charge in [0.25, 0.3) is 0 Å². The first kappa shape index (κ1) is 17.3. The van der Waals surface area contributed by atoms with Crippen LogP contribution in [-0.2, 0) is 17.6 Å². The summed E-state index contributed by atoms with van der Waals surface area (Å²) in [5.74, 6) is 1.18. The van der Waals surface area contributed by atoms with Crippen molar-refractivity contribution in [1.82, 2.24) is 15.3 Å². The summed E-state index contributed by atoms with van der Waals surface area (Å²) in [5.41, 5.74) is 1.44. The summed E-state index contributed by atoms with van der Waals surface area (Å²) in [6.07, 6.45) is 11.3. The van der Waals surface area contributed by atoms with E-state index in [4.69, 9.17) is 0 Å². The molecule has 2 aromatic heterocycles. The van der Waals surface area contributed by atoms with Crippen molar-refractivity contribution in [2.75, 3.05) is 5.75 Å². The Morgan fingerprint density at radius 2 is 2.08 bits per heavy atom. The van der Waals surface area contributed by atoms with Crippen molar-refractivity contribution in [3.05, 3.63) is 16.8 Å². The van der Waals surface area contributed by atoms with Crippen LogP contribution in [0.4, 0.5) is 0 Å². The van der Waals surface area contributed by atoms with Gasteiger partial charge in [0.15, 0.2) is 0 Å². The number of amides is 1. The van der Waals surface area contributed by atoms with Crippen molar-refractivity contribution in [3.8, 4) is 0 Å². The van der Waals surface area contributed by atoms with E-state index in [1.54, 1.807) is 18.1 Å². The molecule has 4 rings (SSSR count). The maximum atomic E-state index is 12.4. The van der Waals surface area contributed by atoms with Gasteiger partial charge in [0.1, 0.15) is 16.2 Å². The van der Waals surface area contributed by atoms with Crippen molar-refractivity contribution in [2.45, 2.75) is 69.4 Å². The molecule has 0 bridgehead atoms. The van der Waals surface area contributed by atoms with Gasteiger partial charge in [-0.15, -0.1) is 11.3 Å². The second kappa shape index (κ2) is 7.62. The average molecular weight is 376 g/mol. The van der Waals surface area contributed by atoms with Crippen LogP contribution in [-0.4, -0.2) is 27.7 Å². The third-order valence-corrected chi connectivity index (χ3v) is 7.70. The van der Waals surface area contributed by atoms with E-state index in [9.17, 15) is 4.79 Å². The Morgan fingerprint density at radius 1 is 1.24 bits per heavy atom. The number of hydrogen-bond donors (Lipinski definition) is 1. The lowest BCUT2D eigenvalue weighted by atomic mass is 9.86. The Labute approximate surface area is 157 Å². The number of thioether (sulfide) groups is 1. The van der Waals surface area contributed by atoms with Gasteiger partial charge in [-0.1, -0.05) is 31.5 Å². The van der Waals surface area contributed by atoms with Crippen molar-refractivity contribution in [2.24, 2.45) is 5.92 Å². The molecule has 1 fully saturated rings. The third-order valence-electron chi connectivity index (χ3n) is 5.51. The summed E-state index contributed by atoms with van der Waals surface area (Å²) in [6.45, 7) is 2.25. The first-order valence-corrected chi connectivity index (χ1v) is 11.2. The average Bonchev–Trinajstić information content (AvgIpc) is 3.01. The molecular formula is C19H25N3OS2. The van der Waals surface area contributed by atoms with E-state index >= 15 is 0 Å². The number of fused-ring (bicyclic) bond motifs is 3. The molecule has 2 atom stereocenters. The van der Waals surface area contributed by atoms with Crippen molar-refractivity contribution in [1.29, 1.82) is 0 Å². The first-order chi connectivity index (χ1) is 12.2. The highest BCUT2D eigenvalue weighted by molar-refractivity contribution is 8.00. The molecule has 0 spiro atoms. The number of rotatable bonds is 4. The lowest BCUT2D eigenvalue weighted by Crippen LogP contribution is -2.41. The van der Waals surface area contributed by atoms with Gasteiger partial charge in [0.2, 0.25) is 5.91 Å². The van der Waals surface area contributed by atoms with Crippen molar-refractivity contribution in [3.63, 3.8) is 0 Å². The fourth-order valence-corrected chi connectivity index (χ4v) is 6.21. The number of aryl methyl sites for hydroxylation is 2. The summed E-state index contributed by atoms with van der Waals surface area (Å²) in [6, 6.07) is 0.348. The van der Waals surface area contributed by atoms with E-state index in [2.05, 4.69) is 22.2 Å². The zero-order chi connectivity index (χ0) is 17.2. The summed E-state index contributed by atoms with van der Waals surface area (Å²) in [7, 11) is 0. The fraction of sp³-hybridized carbons (Fsp3) is 0.632. The van der Waals surface area contributed by atoms with Crippen LogP contribution in [0.3, 0.4) is 0 Å². The smallest absolute Gasteiger partial charge is 0.230 e. The van der Waals surface area contributed by atoms with E-state index in [0.29, 0.717) is 17.7 Å². The summed E-state index contributed by atoms with van der Waals surface area (Å²) in [4.78, 5) is 24.0. The SMILES string of the molecule is C[C@H]1CCCC[C@@H]1NC(=O)CSc1ncnc2sc3c(c12)CCCC3. The molecule has 2 heterocycles. The molecule has 0 saturated heterocycles. The number of hydrogen-bond acceptors (Lipinski definition) is 5. The van der Waals surface area contributed by atoms with Crippen LogP contribution in [0.15, 0.2) is 11.4 Å². The number of aromatic nitrogens is 2. The molecule has 1 N–H and O–H groups in total. The van der Waals surface area contributed by atoms with Gasteiger partial charge in [-0.25, -0.2) is 9.97 Å². The highest BCUT2D eigenvalue weighted by Crippen LogP contribution is 2.39. The van der Waals surface area contributed by atoms with Crippen LogP contribution in [0.25, 0.3) is 10.2 Å². The number of carbonyl (C=O) groups excluding carboxylic acids is 1. The van der Waals surface area contributed by atoms with E-state index in [1.807, 2.05) is 11.3 Å². The molecule has 2 aliphatic carbocycles. The zero-order valence-electron chi connectivity index (χ0n) is 14.7. The topological polar surface area (TPSA) is 54.9 Å². The molecule has 1 amide bonds. The molecule has 0 radical (unpaired) electrons. The fourth-order valence-electron chi connectivity index (χ4n) is 4.08. The minimum atomic E-state index is 0.139. The van der Waals surface area contributed by atoms with Crippen LogP contribution >= 0.6 is 23.1 Å². The molecule has 0 aromatic carbocycles. The minimum absolute atomic E-state index is 0.139. The van der Waals surface area contributed by atoms with E-state index in [0.717, 1.165) is 22.7 Å². The molecule has 2 aromatic rings. The normalized spacial score (nSPS) is 23.4. The maximum Gasteiger partial charge on any atom is 0.230 e. The maximum absolute atomic E-state index is 12.4. The number of thiophene rings is 1. The van der Waals surface area contributed by atoms with Crippen LogP contribution in [0.1, 0.15) is 55.9 Å². The largest absolute Gasteiger partial charge is 0.352 e. The second-order valence-corrected chi connectivity index (χ2v) is 9.34. The predicted molar refractivity (Wildman–Crippen MR) is 104 cm³/mol. The van der Waals surface area contributed by atoms with Crippen LogP contribution in [0, 0.1) is 5.92 Å². The third kappa shape index (κ3) is 3.70. The lowest BCUT2D eigenvalue weighted by molar-refractivity contribution is -0.119. The van der Waals surface area contributed by atoms with Gasteiger partial charge < -0.3 is 5.32 Å². The summed E-state index contributed by atoms with van der Waals surface area (Å²) >= 11 is 3.38. The molecular weight excluding hydrogens is 350 g/mol. The number of nitrogens with one attached hydrogen (secondary N) is 1. The summed E-state index contributed by atoms with van der Waals surface area (Å²) in [5, 5.41) is 5.44. The second-order valence-electron chi connectivity index (χ2n) is 7.29. The Morgan fingerprint density at radius 3 is 2.96 bits per heavy atom. The van der Waals surface area contributed by atoms with Crippen LogP contribution in [0.2, 0.25) is 0 Å². The number of nitrogens with zero attached hydrogens (tertiary/aromatic N) is 2. The monoisotopic (exact) mass is 375 g/mol. The zero-order valence-corrected chi connectivity index (χ0v) is 16.3. The molecule has 4 nitrogen and oxygen atoms in total. The van der Waals surface area contributed by atoms with Gasteiger partial charge >= 0.3 is 0 Å². The molecule has 134 valence electrons. The van der Waals surface area contributed by atoms with E-state index < -0.39 is 0 Å². The highest BCUT2D eigenvalue weighted by atomic mass is 32.2. The van der Waals surface area contributed by atoms with Gasteiger partial charge in [0.05, 0.1) is 5.75 Å². The predicted octanol–water partition coefficient (Wildman–Crippen LogP) is 4.36. The highest BCUT2D eigenvalue weighted by Gasteiger charge is 2.24. The van der Waals surface area contributed by atoms with Crippen molar-refractivity contribution >= 4 is 39.2 Å². The Bertz CT molecular complexity index is 773. The minimum Gasteiger partial charge on any atom is -0.352 e. The Balaban J connectivity index is 1.46. The first-order valence-electron chi connectivity index (χ1n) is 9.40. The van der Waals surface area contributed by atoms with Gasteiger partial charge in [0, 0.05) is 16.3 Å². The van der Waals surface area contributed by atoms with E-state index in [-0.39, 0.29) is 5.91 Å². The summed E-state index contributed by atoms with van der Waals surface area (Å²) < 4.78 is 0. The molecule has 0 unspecified atom stereocenters. The van der Waals surface area contributed by atoms with Gasteiger partial charge in [-0.3, -0.25) is 4.79 Å². The quantitative estimate of drug-likeness (QED) is 0.637. The molecule has 25 heavy (non-hydrogen) atoms.